The number of oxazole rings is 1. The van der Waals surface area contributed by atoms with E-state index in [4.69, 9.17) is 10.2 Å². The van der Waals surface area contributed by atoms with Crippen LogP contribution in [0.15, 0.2) is 40.8 Å². The van der Waals surface area contributed by atoms with Crippen molar-refractivity contribution in [3.63, 3.8) is 0 Å². The number of fused-ring (bicyclic) bond motifs is 1. The van der Waals surface area contributed by atoms with Crippen molar-refractivity contribution < 1.29 is 4.42 Å². The highest BCUT2D eigenvalue weighted by molar-refractivity contribution is 5.77. The Balaban J connectivity index is 2.16. The second-order valence-corrected chi connectivity index (χ2v) is 4.56. The number of anilines is 1. The summed E-state index contributed by atoms with van der Waals surface area (Å²) in [4.78, 5) is 4.49. The fourth-order valence-electron chi connectivity index (χ4n) is 1.96. The first-order valence-corrected chi connectivity index (χ1v) is 5.87. The molecule has 2 N–H and O–H groups in total. The molecule has 0 fully saturated rings. The van der Waals surface area contributed by atoms with Gasteiger partial charge < -0.3 is 10.2 Å². The van der Waals surface area contributed by atoms with Gasteiger partial charge in [-0.3, -0.25) is 0 Å². The highest BCUT2D eigenvalue weighted by Crippen LogP contribution is 2.26. The van der Waals surface area contributed by atoms with E-state index >= 15 is 0 Å². The Morgan fingerprint density at radius 3 is 2.67 bits per heavy atom. The van der Waals surface area contributed by atoms with Crippen LogP contribution in [0.25, 0.3) is 22.6 Å². The molecule has 2 aromatic carbocycles. The van der Waals surface area contributed by atoms with Gasteiger partial charge in [0.15, 0.2) is 5.58 Å². The average Bonchev–Trinajstić information content (AvgIpc) is 2.75. The van der Waals surface area contributed by atoms with Gasteiger partial charge in [0.1, 0.15) is 5.52 Å². The Bertz CT molecular complexity index is 728. The first-order valence-electron chi connectivity index (χ1n) is 5.87. The van der Waals surface area contributed by atoms with Gasteiger partial charge in [-0.2, -0.15) is 0 Å². The van der Waals surface area contributed by atoms with Crippen molar-refractivity contribution in [3.05, 3.63) is 47.5 Å². The first kappa shape index (κ1) is 10.8. The number of aryl methyl sites for hydroxylation is 2. The second kappa shape index (κ2) is 3.88. The van der Waals surface area contributed by atoms with Crippen LogP contribution < -0.4 is 5.73 Å². The van der Waals surface area contributed by atoms with Gasteiger partial charge in [0.25, 0.3) is 0 Å². The largest absolute Gasteiger partial charge is 0.436 e. The number of benzene rings is 2. The predicted molar refractivity (Wildman–Crippen MR) is 73.3 cm³/mol. The molecule has 1 aromatic heterocycles. The molecule has 18 heavy (non-hydrogen) atoms. The van der Waals surface area contributed by atoms with Gasteiger partial charge in [-0.25, -0.2) is 4.98 Å². The minimum atomic E-state index is 0.638. The smallest absolute Gasteiger partial charge is 0.227 e. The topological polar surface area (TPSA) is 52.0 Å². The zero-order valence-electron chi connectivity index (χ0n) is 10.4. The zero-order valence-corrected chi connectivity index (χ0v) is 10.4. The van der Waals surface area contributed by atoms with Gasteiger partial charge >= 0.3 is 0 Å². The van der Waals surface area contributed by atoms with Crippen LogP contribution in [-0.4, -0.2) is 4.98 Å². The van der Waals surface area contributed by atoms with Crippen molar-refractivity contribution in [1.29, 1.82) is 0 Å². The maximum Gasteiger partial charge on any atom is 0.227 e. The van der Waals surface area contributed by atoms with E-state index in [1.165, 1.54) is 5.56 Å². The van der Waals surface area contributed by atoms with Crippen molar-refractivity contribution >= 4 is 16.8 Å². The number of hydrogen-bond acceptors (Lipinski definition) is 3. The Morgan fingerprint density at radius 2 is 1.89 bits per heavy atom. The summed E-state index contributed by atoms with van der Waals surface area (Å²) in [5.74, 6) is 0.638. The van der Waals surface area contributed by atoms with Crippen molar-refractivity contribution in [3.8, 4) is 11.5 Å². The van der Waals surface area contributed by atoms with E-state index in [-0.39, 0.29) is 0 Å². The van der Waals surface area contributed by atoms with Crippen molar-refractivity contribution in [2.24, 2.45) is 0 Å². The van der Waals surface area contributed by atoms with Gasteiger partial charge in [-0.15, -0.1) is 0 Å². The average molecular weight is 238 g/mol. The summed E-state index contributed by atoms with van der Waals surface area (Å²) in [5, 5.41) is 0. The van der Waals surface area contributed by atoms with E-state index in [1.54, 1.807) is 0 Å². The van der Waals surface area contributed by atoms with Crippen LogP contribution in [0, 0.1) is 13.8 Å². The molecule has 0 spiro atoms. The van der Waals surface area contributed by atoms with E-state index in [1.807, 2.05) is 50.2 Å². The predicted octanol–water partition coefficient (Wildman–Crippen LogP) is 3.69. The standard InChI is InChI=1S/C15H14N2O/c1-9-3-6-13-14(7-9)18-15(17-13)11-4-5-12(16)10(2)8-11/h3-8H,16H2,1-2H3. The Labute approximate surface area is 105 Å². The van der Waals surface area contributed by atoms with Crippen LogP contribution in [-0.2, 0) is 0 Å². The molecule has 3 aromatic rings. The lowest BCUT2D eigenvalue weighted by Crippen LogP contribution is -1.89. The first-order chi connectivity index (χ1) is 8.63. The minimum absolute atomic E-state index is 0.638. The summed E-state index contributed by atoms with van der Waals surface area (Å²) in [5.41, 5.74) is 11.4. The number of nitrogen functional groups attached to an aromatic ring is 1. The second-order valence-electron chi connectivity index (χ2n) is 4.56. The molecule has 0 aliphatic carbocycles. The van der Waals surface area contributed by atoms with E-state index in [2.05, 4.69) is 4.98 Å². The summed E-state index contributed by atoms with van der Waals surface area (Å²) in [6.45, 7) is 4.01. The highest BCUT2D eigenvalue weighted by atomic mass is 16.3. The van der Waals surface area contributed by atoms with Gasteiger partial charge in [-0.05, 0) is 55.3 Å². The molecule has 0 saturated carbocycles. The molecule has 3 rings (SSSR count). The van der Waals surface area contributed by atoms with Gasteiger partial charge in [-0.1, -0.05) is 6.07 Å². The molecule has 0 saturated heterocycles. The lowest BCUT2D eigenvalue weighted by Gasteiger charge is -2.00. The van der Waals surface area contributed by atoms with Gasteiger partial charge in [0.2, 0.25) is 5.89 Å². The summed E-state index contributed by atoms with van der Waals surface area (Å²) in [6, 6.07) is 11.8. The third kappa shape index (κ3) is 1.74. The molecule has 0 aliphatic rings. The van der Waals surface area contributed by atoms with Gasteiger partial charge in [0, 0.05) is 11.3 Å². The Morgan fingerprint density at radius 1 is 1.06 bits per heavy atom. The highest BCUT2D eigenvalue weighted by Gasteiger charge is 2.08. The monoisotopic (exact) mass is 238 g/mol. The van der Waals surface area contributed by atoms with Crippen molar-refractivity contribution in [2.45, 2.75) is 13.8 Å². The fraction of sp³-hybridized carbons (Fsp3) is 0.133. The van der Waals surface area contributed by atoms with Crippen LogP contribution >= 0.6 is 0 Å². The van der Waals surface area contributed by atoms with Crippen LogP contribution in [0.5, 0.6) is 0 Å². The molecule has 0 radical (unpaired) electrons. The molecule has 90 valence electrons. The Kier molecular flexibility index (Phi) is 2.33. The quantitative estimate of drug-likeness (QED) is 0.658. The zero-order chi connectivity index (χ0) is 12.7. The molecule has 3 heteroatoms. The molecular weight excluding hydrogens is 224 g/mol. The number of nitrogens with two attached hydrogens (primary N) is 1. The number of aromatic nitrogens is 1. The molecular formula is C15H14N2O. The summed E-state index contributed by atoms with van der Waals surface area (Å²) in [6.07, 6.45) is 0. The molecule has 0 aliphatic heterocycles. The lowest BCUT2D eigenvalue weighted by atomic mass is 10.1. The van der Waals surface area contributed by atoms with Crippen LogP contribution in [0.2, 0.25) is 0 Å². The number of hydrogen-bond donors (Lipinski definition) is 1. The maximum atomic E-state index is 5.81. The molecule has 3 nitrogen and oxygen atoms in total. The molecule has 0 atom stereocenters. The number of rotatable bonds is 1. The van der Waals surface area contributed by atoms with Gasteiger partial charge in [0.05, 0.1) is 0 Å². The molecule has 0 amide bonds. The maximum absolute atomic E-state index is 5.81. The minimum Gasteiger partial charge on any atom is -0.436 e. The normalized spacial score (nSPS) is 11.0. The van der Waals surface area contributed by atoms with Crippen LogP contribution in [0.1, 0.15) is 11.1 Å². The van der Waals surface area contributed by atoms with Crippen LogP contribution in [0.3, 0.4) is 0 Å². The van der Waals surface area contributed by atoms with Crippen molar-refractivity contribution in [2.75, 3.05) is 5.73 Å². The van der Waals surface area contributed by atoms with E-state index < -0.39 is 0 Å². The number of nitrogens with zero attached hydrogens (tertiary/aromatic N) is 1. The summed E-state index contributed by atoms with van der Waals surface area (Å²) in [7, 11) is 0. The lowest BCUT2D eigenvalue weighted by molar-refractivity contribution is 0.619. The molecule has 0 bridgehead atoms. The van der Waals surface area contributed by atoms with E-state index in [0.29, 0.717) is 5.89 Å². The Hall–Kier alpha value is -2.29. The third-order valence-corrected chi connectivity index (χ3v) is 3.06. The third-order valence-electron chi connectivity index (χ3n) is 3.06. The molecule has 0 unspecified atom stereocenters. The van der Waals surface area contributed by atoms with E-state index in [0.717, 1.165) is 27.9 Å². The SMILES string of the molecule is Cc1ccc2nc(-c3ccc(N)c(C)c3)oc2c1. The summed E-state index contributed by atoms with van der Waals surface area (Å²) < 4.78 is 5.78. The van der Waals surface area contributed by atoms with Crippen LogP contribution in [0.4, 0.5) is 5.69 Å². The fourth-order valence-corrected chi connectivity index (χ4v) is 1.96. The van der Waals surface area contributed by atoms with Crippen molar-refractivity contribution in [1.82, 2.24) is 4.98 Å². The van der Waals surface area contributed by atoms with E-state index in [9.17, 15) is 0 Å². The summed E-state index contributed by atoms with van der Waals surface area (Å²) >= 11 is 0. The molecule has 1 heterocycles.